The van der Waals surface area contributed by atoms with Crippen molar-refractivity contribution >= 4 is 35.1 Å². The molecule has 1 N–H and O–H groups in total. The van der Waals surface area contributed by atoms with Gasteiger partial charge >= 0.3 is 6.09 Å². The number of non-ortho nitro benzene ring substituents is 1. The Labute approximate surface area is 143 Å². The summed E-state index contributed by atoms with van der Waals surface area (Å²) < 4.78 is 5.08. The van der Waals surface area contributed by atoms with Crippen LogP contribution in [0.3, 0.4) is 0 Å². The van der Waals surface area contributed by atoms with E-state index >= 15 is 0 Å². The number of thioether (sulfide) groups is 1. The summed E-state index contributed by atoms with van der Waals surface area (Å²) in [6.45, 7) is 5.37. The van der Waals surface area contributed by atoms with Gasteiger partial charge < -0.3 is 15.0 Å². The molecule has 0 aliphatic carbocycles. The molecule has 0 spiro atoms. The van der Waals surface area contributed by atoms with Crippen molar-refractivity contribution in [1.29, 1.82) is 0 Å². The lowest BCUT2D eigenvalue weighted by Crippen LogP contribution is -2.43. The summed E-state index contributed by atoms with van der Waals surface area (Å²) in [4.78, 5) is 36.7. The maximum absolute atomic E-state index is 12.4. The molecule has 0 saturated heterocycles. The van der Waals surface area contributed by atoms with Gasteiger partial charge in [0.2, 0.25) is 5.91 Å². The van der Waals surface area contributed by atoms with Crippen LogP contribution in [0.1, 0.15) is 20.8 Å². The van der Waals surface area contributed by atoms with Crippen LogP contribution < -0.4 is 10.2 Å². The van der Waals surface area contributed by atoms with Crippen molar-refractivity contribution in [3.8, 4) is 0 Å². The molecule has 24 heavy (non-hydrogen) atoms. The van der Waals surface area contributed by atoms with E-state index in [0.717, 1.165) is 4.90 Å². The second-order valence-electron chi connectivity index (χ2n) is 6.16. The van der Waals surface area contributed by atoms with Gasteiger partial charge in [-0.1, -0.05) is 0 Å². The summed E-state index contributed by atoms with van der Waals surface area (Å²) in [5, 5.41) is 13.3. The number of nitrogens with zero attached hydrogens (tertiary/aromatic N) is 2. The predicted molar refractivity (Wildman–Crippen MR) is 90.4 cm³/mol. The second kappa shape index (κ2) is 7.08. The first kappa shape index (κ1) is 18.1. The molecule has 1 aliphatic rings. The van der Waals surface area contributed by atoms with Crippen molar-refractivity contribution in [2.45, 2.75) is 31.3 Å². The molecule has 0 aromatic heterocycles. The normalized spacial score (nSPS) is 13.9. The van der Waals surface area contributed by atoms with Gasteiger partial charge in [-0.25, -0.2) is 4.79 Å². The third kappa shape index (κ3) is 4.60. The van der Waals surface area contributed by atoms with Crippen LogP contribution in [-0.2, 0) is 9.53 Å². The van der Waals surface area contributed by atoms with Crippen molar-refractivity contribution in [2.75, 3.05) is 23.7 Å². The monoisotopic (exact) mass is 353 g/mol. The highest BCUT2D eigenvalue weighted by Gasteiger charge is 2.26. The van der Waals surface area contributed by atoms with Crippen LogP contribution in [0, 0.1) is 10.1 Å². The highest BCUT2D eigenvalue weighted by molar-refractivity contribution is 7.99. The molecular weight excluding hydrogens is 334 g/mol. The van der Waals surface area contributed by atoms with Gasteiger partial charge in [-0.05, 0) is 26.8 Å². The number of nitro benzene ring substituents is 1. The van der Waals surface area contributed by atoms with E-state index in [2.05, 4.69) is 5.32 Å². The van der Waals surface area contributed by atoms with E-state index in [1.54, 1.807) is 26.8 Å². The molecule has 9 heteroatoms. The lowest BCUT2D eigenvalue weighted by atomic mass is 10.2. The summed E-state index contributed by atoms with van der Waals surface area (Å²) in [6, 6.07) is 4.44. The summed E-state index contributed by atoms with van der Waals surface area (Å²) in [5.74, 6) is 0.339. The number of carbonyl (C=O) groups is 2. The third-order valence-electron chi connectivity index (χ3n) is 3.10. The summed E-state index contributed by atoms with van der Waals surface area (Å²) in [6.07, 6.45) is -0.679. The van der Waals surface area contributed by atoms with E-state index in [-0.39, 0.29) is 18.1 Å². The number of rotatable bonds is 3. The van der Waals surface area contributed by atoms with Crippen LogP contribution in [0.2, 0.25) is 0 Å². The Morgan fingerprint density at radius 3 is 2.75 bits per heavy atom. The molecule has 1 aromatic carbocycles. The molecule has 0 radical (unpaired) electrons. The number of ether oxygens (including phenoxy) is 1. The summed E-state index contributed by atoms with van der Waals surface area (Å²) in [5.41, 5.74) is -0.229. The Morgan fingerprint density at radius 1 is 1.42 bits per heavy atom. The molecule has 2 amide bonds. The van der Waals surface area contributed by atoms with Gasteiger partial charge in [-0.3, -0.25) is 14.9 Å². The minimum Gasteiger partial charge on any atom is -0.444 e. The predicted octanol–water partition coefficient (Wildman–Crippen LogP) is 2.56. The first-order valence-corrected chi connectivity index (χ1v) is 8.34. The van der Waals surface area contributed by atoms with Gasteiger partial charge in [0.15, 0.2) is 0 Å². The van der Waals surface area contributed by atoms with Crippen molar-refractivity contribution in [3.05, 3.63) is 28.3 Å². The number of carbonyl (C=O) groups excluding carboxylic acids is 2. The van der Waals surface area contributed by atoms with Gasteiger partial charge in [-0.15, -0.1) is 11.8 Å². The van der Waals surface area contributed by atoms with Crippen LogP contribution in [0.15, 0.2) is 23.1 Å². The number of fused-ring (bicyclic) bond motifs is 1. The number of nitro groups is 1. The van der Waals surface area contributed by atoms with E-state index < -0.39 is 16.6 Å². The largest absolute Gasteiger partial charge is 0.444 e. The first-order valence-electron chi connectivity index (χ1n) is 7.36. The van der Waals surface area contributed by atoms with Crippen molar-refractivity contribution < 1.29 is 19.2 Å². The number of hydrogen-bond acceptors (Lipinski definition) is 6. The molecule has 1 aromatic rings. The van der Waals surface area contributed by atoms with E-state index in [1.807, 2.05) is 0 Å². The molecule has 0 atom stereocenters. The maximum Gasteiger partial charge on any atom is 0.408 e. The van der Waals surface area contributed by atoms with Crippen molar-refractivity contribution in [2.24, 2.45) is 0 Å². The smallest absolute Gasteiger partial charge is 0.408 e. The zero-order valence-corrected chi connectivity index (χ0v) is 14.5. The number of nitrogens with one attached hydrogen (secondary N) is 1. The lowest BCUT2D eigenvalue weighted by molar-refractivity contribution is -0.384. The van der Waals surface area contributed by atoms with Gasteiger partial charge in [-0.2, -0.15) is 0 Å². The fourth-order valence-electron chi connectivity index (χ4n) is 2.14. The molecule has 0 fully saturated rings. The Kier molecular flexibility index (Phi) is 5.33. The summed E-state index contributed by atoms with van der Waals surface area (Å²) >= 11 is 1.53. The van der Waals surface area contributed by atoms with Crippen LogP contribution in [0.25, 0.3) is 0 Å². The van der Waals surface area contributed by atoms with Crippen LogP contribution in [0.5, 0.6) is 0 Å². The Morgan fingerprint density at radius 2 is 2.12 bits per heavy atom. The fraction of sp³-hybridized carbons (Fsp3) is 0.467. The molecular formula is C15H19N3O5S. The average Bonchev–Trinajstić information content (AvgIpc) is 2.49. The first-order chi connectivity index (χ1) is 11.2. The molecule has 0 unspecified atom stereocenters. The molecule has 2 rings (SSSR count). The standard InChI is InChI=1S/C15H19N3O5S/c1-15(2,3)23-14(20)16-9-13(19)17-6-7-24-12-5-4-10(18(21)22)8-11(12)17/h4-5,8H,6-7,9H2,1-3H3,(H,16,20). The fourth-order valence-corrected chi connectivity index (χ4v) is 3.11. The van der Waals surface area contributed by atoms with Crippen LogP contribution in [0.4, 0.5) is 16.2 Å². The Hall–Kier alpha value is -2.29. The van der Waals surface area contributed by atoms with E-state index in [1.165, 1.54) is 28.8 Å². The zero-order valence-electron chi connectivity index (χ0n) is 13.7. The third-order valence-corrected chi connectivity index (χ3v) is 4.14. The van der Waals surface area contributed by atoms with E-state index in [9.17, 15) is 19.7 Å². The van der Waals surface area contributed by atoms with Gasteiger partial charge in [0, 0.05) is 29.3 Å². The van der Waals surface area contributed by atoms with E-state index in [4.69, 9.17) is 4.74 Å². The highest BCUT2D eigenvalue weighted by atomic mass is 32.2. The molecule has 1 heterocycles. The van der Waals surface area contributed by atoms with E-state index in [0.29, 0.717) is 18.0 Å². The molecule has 1 aliphatic heterocycles. The molecule has 130 valence electrons. The van der Waals surface area contributed by atoms with Crippen molar-refractivity contribution in [3.63, 3.8) is 0 Å². The SMILES string of the molecule is CC(C)(C)OC(=O)NCC(=O)N1CCSc2ccc([N+](=O)[O-])cc21. The zero-order chi connectivity index (χ0) is 17.9. The van der Waals surface area contributed by atoms with Gasteiger partial charge in [0.05, 0.1) is 10.6 Å². The highest BCUT2D eigenvalue weighted by Crippen LogP contribution is 2.37. The minimum atomic E-state index is -0.679. The molecule has 8 nitrogen and oxygen atoms in total. The van der Waals surface area contributed by atoms with Crippen molar-refractivity contribution in [1.82, 2.24) is 5.32 Å². The molecule has 0 bridgehead atoms. The quantitative estimate of drug-likeness (QED) is 0.662. The number of amides is 2. The number of anilines is 1. The molecule has 0 saturated carbocycles. The summed E-state index contributed by atoms with van der Waals surface area (Å²) in [7, 11) is 0. The number of alkyl carbamates (subject to hydrolysis) is 1. The topological polar surface area (TPSA) is 102 Å². The second-order valence-corrected chi connectivity index (χ2v) is 7.30. The van der Waals surface area contributed by atoms with Crippen LogP contribution >= 0.6 is 11.8 Å². The maximum atomic E-state index is 12.4. The minimum absolute atomic E-state index is 0.0749. The number of hydrogen-bond donors (Lipinski definition) is 1. The Balaban J connectivity index is 2.08. The lowest BCUT2D eigenvalue weighted by Gasteiger charge is -2.29. The Bertz CT molecular complexity index is 672. The number of benzene rings is 1. The van der Waals surface area contributed by atoms with Crippen LogP contribution in [-0.4, -0.2) is 41.4 Å². The van der Waals surface area contributed by atoms with Gasteiger partial charge in [0.1, 0.15) is 12.1 Å². The van der Waals surface area contributed by atoms with Gasteiger partial charge in [0.25, 0.3) is 5.69 Å². The average molecular weight is 353 g/mol.